The van der Waals surface area contributed by atoms with Crippen LogP contribution in [-0.2, 0) is 0 Å². The Bertz CT molecular complexity index is 800. The molecule has 0 radical (unpaired) electrons. The topological polar surface area (TPSA) is 89.1 Å². The normalized spacial score (nSPS) is 10.8. The second kappa shape index (κ2) is 4.93. The number of hydrogen-bond acceptors (Lipinski definition) is 6. The number of pyridine rings is 1. The maximum Gasteiger partial charge on any atom is 0.337 e. The third kappa shape index (κ3) is 2.23. The Morgan fingerprint density at radius 3 is 2.65 bits per heavy atom. The molecule has 0 atom stereocenters. The van der Waals surface area contributed by atoms with Crippen molar-refractivity contribution < 1.29 is 14.3 Å². The standard InChI is InChI=1S/C13H9N3O3S/c1-7-15-16-13(19-7)20-11-9-5-3-2-4-8(9)10(6-14-11)12(17)18/h2-6H,1H3,(H,17,18). The molecule has 0 saturated heterocycles. The quantitative estimate of drug-likeness (QED) is 0.792. The van der Waals surface area contributed by atoms with Gasteiger partial charge in [0.15, 0.2) is 0 Å². The van der Waals surface area contributed by atoms with Crippen LogP contribution in [0.15, 0.2) is 45.1 Å². The average molecular weight is 287 g/mol. The molecule has 0 saturated carbocycles. The number of aromatic nitrogens is 3. The van der Waals surface area contributed by atoms with Crippen molar-refractivity contribution in [3.8, 4) is 0 Å². The van der Waals surface area contributed by atoms with E-state index in [0.717, 1.165) is 5.39 Å². The van der Waals surface area contributed by atoms with Crippen molar-refractivity contribution in [2.75, 3.05) is 0 Å². The largest absolute Gasteiger partial charge is 0.478 e. The van der Waals surface area contributed by atoms with E-state index >= 15 is 0 Å². The van der Waals surface area contributed by atoms with Crippen LogP contribution in [0.2, 0.25) is 0 Å². The van der Waals surface area contributed by atoms with Crippen LogP contribution in [0.3, 0.4) is 0 Å². The molecule has 1 aromatic carbocycles. The second-order valence-corrected chi connectivity index (χ2v) is 4.96. The van der Waals surface area contributed by atoms with E-state index in [9.17, 15) is 9.90 Å². The monoisotopic (exact) mass is 287 g/mol. The summed E-state index contributed by atoms with van der Waals surface area (Å²) in [6, 6.07) is 7.20. The molecule has 0 unspecified atom stereocenters. The van der Waals surface area contributed by atoms with Crippen LogP contribution in [0, 0.1) is 6.92 Å². The van der Waals surface area contributed by atoms with Crippen LogP contribution < -0.4 is 0 Å². The first kappa shape index (κ1) is 12.6. The van der Waals surface area contributed by atoms with Crippen LogP contribution in [0.5, 0.6) is 0 Å². The summed E-state index contributed by atoms with van der Waals surface area (Å²) in [4.78, 5) is 15.4. The van der Waals surface area contributed by atoms with E-state index < -0.39 is 5.97 Å². The molecule has 0 spiro atoms. The first-order chi connectivity index (χ1) is 9.65. The first-order valence-corrected chi connectivity index (χ1v) is 6.56. The minimum absolute atomic E-state index is 0.173. The fourth-order valence-corrected chi connectivity index (χ4v) is 2.62. The molecule has 3 aromatic rings. The van der Waals surface area contributed by atoms with Crippen molar-refractivity contribution in [1.82, 2.24) is 15.2 Å². The lowest BCUT2D eigenvalue weighted by Crippen LogP contribution is -1.99. The van der Waals surface area contributed by atoms with Gasteiger partial charge in [0, 0.05) is 23.9 Å². The Hall–Kier alpha value is -2.41. The second-order valence-electron chi connectivity index (χ2n) is 4.02. The summed E-state index contributed by atoms with van der Waals surface area (Å²) in [7, 11) is 0. The van der Waals surface area contributed by atoms with Crippen LogP contribution >= 0.6 is 11.8 Å². The van der Waals surface area contributed by atoms with Crippen LogP contribution in [0.1, 0.15) is 16.2 Å². The van der Waals surface area contributed by atoms with Gasteiger partial charge in [0.2, 0.25) is 5.89 Å². The van der Waals surface area contributed by atoms with E-state index in [2.05, 4.69) is 15.2 Å². The third-order valence-corrected chi connectivity index (χ3v) is 3.54. The van der Waals surface area contributed by atoms with E-state index in [1.807, 2.05) is 12.1 Å². The molecule has 20 heavy (non-hydrogen) atoms. The van der Waals surface area contributed by atoms with E-state index in [1.54, 1.807) is 19.1 Å². The van der Waals surface area contributed by atoms with Crippen LogP contribution in [0.4, 0.5) is 0 Å². The Labute approximate surface area is 117 Å². The molecule has 2 aromatic heterocycles. The summed E-state index contributed by atoms with van der Waals surface area (Å²) in [5.74, 6) is -0.530. The molecule has 0 amide bonds. The van der Waals surface area contributed by atoms with E-state index in [4.69, 9.17) is 4.42 Å². The molecule has 2 heterocycles. The maximum atomic E-state index is 11.2. The van der Waals surface area contributed by atoms with Gasteiger partial charge in [-0.15, -0.1) is 10.2 Å². The molecule has 7 heteroatoms. The zero-order chi connectivity index (χ0) is 14.1. The van der Waals surface area contributed by atoms with Gasteiger partial charge in [-0.05, 0) is 11.8 Å². The van der Waals surface area contributed by atoms with Crippen molar-refractivity contribution in [1.29, 1.82) is 0 Å². The number of aromatic carboxylic acids is 1. The highest BCUT2D eigenvalue weighted by molar-refractivity contribution is 7.99. The van der Waals surface area contributed by atoms with Crippen LogP contribution in [-0.4, -0.2) is 26.3 Å². The lowest BCUT2D eigenvalue weighted by molar-refractivity contribution is 0.0698. The van der Waals surface area contributed by atoms with Crippen molar-refractivity contribution in [2.45, 2.75) is 17.2 Å². The third-order valence-electron chi connectivity index (χ3n) is 2.68. The average Bonchev–Trinajstić information content (AvgIpc) is 2.84. The first-order valence-electron chi connectivity index (χ1n) is 5.74. The Morgan fingerprint density at radius 1 is 1.25 bits per heavy atom. The minimum Gasteiger partial charge on any atom is -0.478 e. The number of carbonyl (C=O) groups is 1. The number of carboxylic acid groups (broad SMARTS) is 1. The van der Waals surface area contributed by atoms with Crippen molar-refractivity contribution in [3.63, 3.8) is 0 Å². The number of aryl methyl sites for hydroxylation is 1. The number of benzene rings is 1. The molecule has 3 rings (SSSR count). The Kier molecular flexibility index (Phi) is 3.11. The van der Waals surface area contributed by atoms with Gasteiger partial charge < -0.3 is 9.52 Å². The molecule has 0 fully saturated rings. The van der Waals surface area contributed by atoms with E-state index in [-0.39, 0.29) is 5.56 Å². The highest BCUT2D eigenvalue weighted by Crippen LogP contribution is 2.32. The zero-order valence-electron chi connectivity index (χ0n) is 10.4. The highest BCUT2D eigenvalue weighted by Gasteiger charge is 2.14. The lowest BCUT2D eigenvalue weighted by Gasteiger charge is -2.05. The predicted molar refractivity (Wildman–Crippen MR) is 71.9 cm³/mol. The van der Waals surface area contributed by atoms with Gasteiger partial charge >= 0.3 is 5.97 Å². The van der Waals surface area contributed by atoms with Crippen molar-refractivity contribution >= 4 is 28.5 Å². The van der Waals surface area contributed by atoms with E-state index in [0.29, 0.717) is 21.5 Å². The highest BCUT2D eigenvalue weighted by atomic mass is 32.2. The number of fused-ring (bicyclic) bond motifs is 1. The molecule has 1 N–H and O–H groups in total. The van der Waals surface area contributed by atoms with Gasteiger partial charge in [-0.2, -0.15) is 0 Å². The Morgan fingerprint density at radius 2 is 2.00 bits per heavy atom. The molecular weight excluding hydrogens is 278 g/mol. The molecule has 0 aliphatic heterocycles. The molecule has 0 bridgehead atoms. The predicted octanol–water partition coefficient (Wildman–Crippen LogP) is 2.78. The van der Waals surface area contributed by atoms with Crippen molar-refractivity contribution in [3.05, 3.63) is 41.9 Å². The zero-order valence-corrected chi connectivity index (χ0v) is 11.2. The SMILES string of the molecule is Cc1nnc(Sc2ncc(C(=O)O)c3ccccc23)o1. The number of carboxylic acids is 1. The summed E-state index contributed by atoms with van der Waals surface area (Å²) < 4.78 is 5.30. The van der Waals surface area contributed by atoms with Gasteiger partial charge in [0.25, 0.3) is 5.22 Å². The molecule has 6 nitrogen and oxygen atoms in total. The number of rotatable bonds is 3. The van der Waals surface area contributed by atoms with Gasteiger partial charge in [-0.25, -0.2) is 9.78 Å². The number of nitrogens with zero attached hydrogens (tertiary/aromatic N) is 3. The minimum atomic E-state index is -1.00. The summed E-state index contributed by atoms with van der Waals surface area (Å²) in [5.41, 5.74) is 0.173. The molecule has 0 aliphatic rings. The fourth-order valence-electron chi connectivity index (χ4n) is 1.82. The Balaban J connectivity index is 2.12. The fraction of sp³-hybridized carbons (Fsp3) is 0.0769. The van der Waals surface area contributed by atoms with Gasteiger partial charge in [0.1, 0.15) is 5.03 Å². The summed E-state index contributed by atoms with van der Waals surface area (Å²) in [6.07, 6.45) is 1.34. The van der Waals surface area contributed by atoms with Crippen LogP contribution in [0.25, 0.3) is 10.8 Å². The van der Waals surface area contributed by atoms with Gasteiger partial charge in [0.05, 0.1) is 5.56 Å². The van der Waals surface area contributed by atoms with E-state index in [1.165, 1.54) is 18.0 Å². The number of hydrogen-bond donors (Lipinski definition) is 1. The summed E-state index contributed by atoms with van der Waals surface area (Å²) in [6.45, 7) is 1.70. The molecule has 100 valence electrons. The molecule has 0 aliphatic carbocycles. The smallest absolute Gasteiger partial charge is 0.337 e. The van der Waals surface area contributed by atoms with Gasteiger partial charge in [-0.1, -0.05) is 24.3 Å². The summed E-state index contributed by atoms with van der Waals surface area (Å²) >= 11 is 1.21. The maximum absolute atomic E-state index is 11.2. The van der Waals surface area contributed by atoms with Crippen molar-refractivity contribution in [2.24, 2.45) is 0 Å². The van der Waals surface area contributed by atoms with Gasteiger partial charge in [-0.3, -0.25) is 0 Å². The summed E-state index contributed by atoms with van der Waals surface area (Å²) in [5, 5.41) is 19.2. The lowest BCUT2D eigenvalue weighted by atomic mass is 10.1. The molecular formula is C13H9N3O3S.